The number of rotatable bonds is 6. The summed E-state index contributed by atoms with van der Waals surface area (Å²) in [4.78, 5) is 10.7. The minimum absolute atomic E-state index is 0.367. The van der Waals surface area contributed by atoms with Crippen molar-refractivity contribution in [3.63, 3.8) is 0 Å². The van der Waals surface area contributed by atoms with Crippen LogP contribution in [-0.2, 0) is 0 Å². The molecule has 0 aliphatic heterocycles. The summed E-state index contributed by atoms with van der Waals surface area (Å²) in [6, 6.07) is 0.367. The SMILES string of the molecule is CNc1cncc(NC(CN(C)C)C(C)C)n1. The van der Waals surface area contributed by atoms with E-state index in [0.29, 0.717) is 12.0 Å². The predicted octanol–water partition coefficient (Wildman–Crippen LogP) is 1.52. The van der Waals surface area contributed by atoms with E-state index in [1.54, 1.807) is 12.4 Å². The number of nitrogens with one attached hydrogen (secondary N) is 2. The van der Waals surface area contributed by atoms with Gasteiger partial charge in [0.1, 0.15) is 11.6 Å². The molecule has 0 aliphatic rings. The van der Waals surface area contributed by atoms with Crippen molar-refractivity contribution in [2.24, 2.45) is 5.92 Å². The number of likely N-dealkylation sites (N-methyl/N-ethyl adjacent to an activating group) is 1. The average Bonchev–Trinajstić information content (AvgIpc) is 2.27. The Morgan fingerprint density at radius 1 is 1.24 bits per heavy atom. The predicted molar refractivity (Wildman–Crippen MR) is 72.4 cm³/mol. The van der Waals surface area contributed by atoms with Crippen LogP contribution in [0, 0.1) is 5.92 Å². The van der Waals surface area contributed by atoms with E-state index >= 15 is 0 Å². The fourth-order valence-electron chi connectivity index (χ4n) is 1.56. The molecule has 0 aliphatic carbocycles. The number of hydrogen-bond acceptors (Lipinski definition) is 5. The van der Waals surface area contributed by atoms with Crippen molar-refractivity contribution in [2.75, 3.05) is 38.3 Å². The molecular weight excluding hydrogens is 214 g/mol. The van der Waals surface area contributed by atoms with E-state index in [1.165, 1.54) is 0 Å². The van der Waals surface area contributed by atoms with E-state index < -0.39 is 0 Å². The van der Waals surface area contributed by atoms with Crippen molar-refractivity contribution in [3.05, 3.63) is 12.4 Å². The summed E-state index contributed by atoms with van der Waals surface area (Å²) < 4.78 is 0. The second kappa shape index (κ2) is 6.39. The van der Waals surface area contributed by atoms with Crippen LogP contribution >= 0.6 is 0 Å². The molecular formula is C12H23N5. The molecule has 0 radical (unpaired) electrons. The van der Waals surface area contributed by atoms with Gasteiger partial charge in [-0.2, -0.15) is 0 Å². The van der Waals surface area contributed by atoms with Gasteiger partial charge in [0, 0.05) is 19.6 Å². The Morgan fingerprint density at radius 2 is 1.88 bits per heavy atom. The molecule has 5 nitrogen and oxygen atoms in total. The summed E-state index contributed by atoms with van der Waals surface area (Å²) in [5.74, 6) is 2.14. The third-order valence-corrected chi connectivity index (χ3v) is 2.59. The highest BCUT2D eigenvalue weighted by molar-refractivity contribution is 5.41. The Labute approximate surface area is 104 Å². The van der Waals surface area contributed by atoms with Crippen molar-refractivity contribution in [2.45, 2.75) is 19.9 Å². The Bertz CT molecular complexity index is 337. The van der Waals surface area contributed by atoms with Crippen LogP contribution in [-0.4, -0.2) is 48.6 Å². The van der Waals surface area contributed by atoms with Gasteiger partial charge in [0.25, 0.3) is 0 Å². The zero-order valence-electron chi connectivity index (χ0n) is 11.4. The molecule has 0 bridgehead atoms. The molecule has 1 unspecified atom stereocenters. The lowest BCUT2D eigenvalue weighted by Gasteiger charge is -2.26. The summed E-state index contributed by atoms with van der Waals surface area (Å²) in [6.07, 6.45) is 3.47. The zero-order chi connectivity index (χ0) is 12.8. The van der Waals surface area contributed by atoms with Crippen LogP contribution in [0.25, 0.3) is 0 Å². The molecule has 0 aromatic carbocycles. The van der Waals surface area contributed by atoms with Gasteiger partial charge >= 0.3 is 0 Å². The Hall–Kier alpha value is -1.36. The first-order chi connectivity index (χ1) is 8.02. The van der Waals surface area contributed by atoms with Gasteiger partial charge in [0.2, 0.25) is 0 Å². The number of aromatic nitrogens is 2. The third-order valence-electron chi connectivity index (χ3n) is 2.59. The molecule has 1 atom stereocenters. The Balaban J connectivity index is 2.71. The summed E-state index contributed by atoms with van der Waals surface area (Å²) in [5, 5.41) is 6.42. The van der Waals surface area contributed by atoms with Crippen LogP contribution in [0.5, 0.6) is 0 Å². The minimum atomic E-state index is 0.367. The van der Waals surface area contributed by atoms with E-state index in [9.17, 15) is 0 Å². The summed E-state index contributed by atoms with van der Waals surface area (Å²) in [7, 11) is 5.99. The average molecular weight is 237 g/mol. The fourth-order valence-corrected chi connectivity index (χ4v) is 1.56. The summed E-state index contributed by atoms with van der Waals surface area (Å²) in [5.41, 5.74) is 0. The van der Waals surface area contributed by atoms with Crippen LogP contribution in [0.4, 0.5) is 11.6 Å². The molecule has 0 saturated heterocycles. The summed E-state index contributed by atoms with van der Waals surface area (Å²) in [6.45, 7) is 5.39. The van der Waals surface area contributed by atoms with Gasteiger partial charge < -0.3 is 15.5 Å². The van der Waals surface area contributed by atoms with E-state index in [-0.39, 0.29) is 0 Å². The summed E-state index contributed by atoms with van der Waals surface area (Å²) >= 11 is 0. The second-order valence-electron chi connectivity index (χ2n) is 4.80. The normalized spacial score (nSPS) is 12.9. The van der Waals surface area contributed by atoms with Crippen LogP contribution in [0.15, 0.2) is 12.4 Å². The maximum atomic E-state index is 4.42. The van der Waals surface area contributed by atoms with Crippen molar-refractivity contribution in [1.82, 2.24) is 14.9 Å². The lowest BCUT2D eigenvalue weighted by Crippen LogP contribution is -2.36. The smallest absolute Gasteiger partial charge is 0.147 e. The maximum Gasteiger partial charge on any atom is 0.147 e. The van der Waals surface area contributed by atoms with Crippen molar-refractivity contribution >= 4 is 11.6 Å². The fraction of sp³-hybridized carbons (Fsp3) is 0.667. The lowest BCUT2D eigenvalue weighted by molar-refractivity contribution is 0.344. The number of nitrogens with zero attached hydrogens (tertiary/aromatic N) is 3. The minimum Gasteiger partial charge on any atom is -0.372 e. The highest BCUT2D eigenvalue weighted by atomic mass is 15.1. The van der Waals surface area contributed by atoms with Crippen molar-refractivity contribution < 1.29 is 0 Å². The van der Waals surface area contributed by atoms with Gasteiger partial charge in [-0.05, 0) is 20.0 Å². The van der Waals surface area contributed by atoms with Gasteiger partial charge in [0.05, 0.1) is 12.4 Å². The highest BCUT2D eigenvalue weighted by Crippen LogP contribution is 2.12. The Kier molecular flexibility index (Phi) is 5.15. The second-order valence-corrected chi connectivity index (χ2v) is 4.80. The molecule has 96 valence electrons. The molecule has 1 heterocycles. The lowest BCUT2D eigenvalue weighted by atomic mass is 10.0. The molecule has 0 fully saturated rings. The topological polar surface area (TPSA) is 53.1 Å². The van der Waals surface area contributed by atoms with Crippen LogP contribution in [0.1, 0.15) is 13.8 Å². The molecule has 5 heteroatoms. The van der Waals surface area contributed by atoms with Crippen LogP contribution < -0.4 is 10.6 Å². The molecule has 1 aromatic heterocycles. The van der Waals surface area contributed by atoms with E-state index in [4.69, 9.17) is 0 Å². The third kappa shape index (κ3) is 4.56. The molecule has 1 aromatic rings. The first kappa shape index (κ1) is 13.7. The highest BCUT2D eigenvalue weighted by Gasteiger charge is 2.14. The number of hydrogen-bond donors (Lipinski definition) is 2. The van der Waals surface area contributed by atoms with Gasteiger partial charge in [-0.15, -0.1) is 0 Å². The van der Waals surface area contributed by atoms with Gasteiger partial charge in [-0.3, -0.25) is 4.98 Å². The quantitative estimate of drug-likeness (QED) is 0.785. The van der Waals surface area contributed by atoms with Crippen LogP contribution in [0.2, 0.25) is 0 Å². The van der Waals surface area contributed by atoms with Crippen molar-refractivity contribution in [1.29, 1.82) is 0 Å². The van der Waals surface area contributed by atoms with Gasteiger partial charge in [-0.25, -0.2) is 4.98 Å². The molecule has 0 spiro atoms. The molecule has 0 saturated carbocycles. The first-order valence-electron chi connectivity index (χ1n) is 5.94. The first-order valence-corrected chi connectivity index (χ1v) is 5.94. The largest absolute Gasteiger partial charge is 0.372 e. The van der Waals surface area contributed by atoms with Crippen LogP contribution in [0.3, 0.4) is 0 Å². The monoisotopic (exact) mass is 237 g/mol. The van der Waals surface area contributed by atoms with E-state index in [0.717, 1.165) is 18.2 Å². The molecule has 1 rings (SSSR count). The maximum absolute atomic E-state index is 4.42. The molecule has 0 amide bonds. The standard InChI is InChI=1S/C12H23N5/c1-9(2)10(8-17(4)5)15-12-7-14-6-11(13-3)16-12/h6-7,9-10H,8H2,1-5H3,(H2,13,15,16). The number of anilines is 2. The van der Waals surface area contributed by atoms with E-state index in [1.807, 2.05) is 7.05 Å². The molecule has 2 N–H and O–H groups in total. The van der Waals surface area contributed by atoms with Gasteiger partial charge in [0.15, 0.2) is 0 Å². The zero-order valence-corrected chi connectivity index (χ0v) is 11.4. The van der Waals surface area contributed by atoms with Crippen molar-refractivity contribution in [3.8, 4) is 0 Å². The van der Waals surface area contributed by atoms with Gasteiger partial charge in [-0.1, -0.05) is 13.8 Å². The Morgan fingerprint density at radius 3 is 2.41 bits per heavy atom. The molecule has 17 heavy (non-hydrogen) atoms. The van der Waals surface area contributed by atoms with E-state index in [2.05, 4.69) is 53.4 Å².